The van der Waals surface area contributed by atoms with Gasteiger partial charge in [0.15, 0.2) is 11.4 Å². The van der Waals surface area contributed by atoms with E-state index in [0.717, 1.165) is 6.07 Å². The van der Waals surface area contributed by atoms with E-state index in [-0.39, 0.29) is 34.2 Å². The molecule has 1 aromatic heterocycles. The third kappa shape index (κ3) is 3.94. The van der Waals surface area contributed by atoms with Gasteiger partial charge in [-0.3, -0.25) is 4.79 Å². The molecule has 0 radical (unpaired) electrons. The largest absolute Gasteiger partial charge is 0.487 e. The van der Waals surface area contributed by atoms with Crippen LogP contribution in [0.4, 0.5) is 18.9 Å². The fourth-order valence-corrected chi connectivity index (χ4v) is 4.64. The minimum Gasteiger partial charge on any atom is -0.487 e. The average Bonchev–Trinajstić information content (AvgIpc) is 2.93. The molecule has 0 unspecified atom stereocenters. The minimum absolute atomic E-state index is 0.0115. The molecule has 1 aliphatic heterocycles. The van der Waals surface area contributed by atoms with Crippen molar-refractivity contribution in [3.63, 3.8) is 0 Å². The molecule has 1 amide bonds. The maximum absolute atomic E-state index is 13.1. The topological polar surface area (TPSA) is 89.4 Å². The van der Waals surface area contributed by atoms with E-state index in [0.29, 0.717) is 0 Å². The van der Waals surface area contributed by atoms with E-state index >= 15 is 0 Å². The van der Waals surface area contributed by atoms with Crippen molar-refractivity contribution in [2.45, 2.75) is 30.5 Å². The standard InChI is InChI=1S/C19H20F3N3O4S/c1-5-18(3)10-29-16-14(30(27,28)24-18)9-25(4)15(16)17(26)23-12-7-6-11(2)13(8-12)19(20,21)22/h5-9,24H,1,10H2,2-4H3,(H,23,26)/t18-/m0/s1. The summed E-state index contributed by atoms with van der Waals surface area (Å²) in [5.74, 6) is -0.996. The highest BCUT2D eigenvalue weighted by Gasteiger charge is 2.39. The first-order valence-corrected chi connectivity index (χ1v) is 10.2. The Kier molecular flexibility index (Phi) is 5.23. The summed E-state index contributed by atoms with van der Waals surface area (Å²) in [4.78, 5) is 12.6. The molecule has 1 aromatic carbocycles. The number of anilines is 1. The highest BCUT2D eigenvalue weighted by molar-refractivity contribution is 7.89. The van der Waals surface area contributed by atoms with Crippen molar-refractivity contribution in [3.8, 4) is 5.75 Å². The van der Waals surface area contributed by atoms with Crippen LogP contribution in [0.3, 0.4) is 0 Å². The Hall–Kier alpha value is -2.79. The highest BCUT2D eigenvalue weighted by Crippen LogP contribution is 2.36. The van der Waals surface area contributed by atoms with Crippen molar-refractivity contribution >= 4 is 21.6 Å². The van der Waals surface area contributed by atoms with Gasteiger partial charge in [-0.25, -0.2) is 8.42 Å². The number of halogens is 3. The van der Waals surface area contributed by atoms with E-state index < -0.39 is 33.2 Å². The summed E-state index contributed by atoms with van der Waals surface area (Å²) >= 11 is 0. The van der Waals surface area contributed by atoms with E-state index in [1.165, 1.54) is 42.9 Å². The Morgan fingerprint density at radius 1 is 1.40 bits per heavy atom. The number of aryl methyl sites for hydroxylation is 2. The molecule has 0 spiro atoms. The molecular weight excluding hydrogens is 423 g/mol. The number of ether oxygens (including phenoxy) is 1. The van der Waals surface area contributed by atoms with Crippen LogP contribution in [0.25, 0.3) is 0 Å². The number of hydrogen-bond acceptors (Lipinski definition) is 4. The molecular formula is C19H20F3N3O4S. The van der Waals surface area contributed by atoms with Gasteiger partial charge in [0.05, 0.1) is 11.1 Å². The summed E-state index contributed by atoms with van der Waals surface area (Å²) in [6.45, 7) is 6.34. The molecule has 2 aromatic rings. The molecule has 1 aliphatic rings. The first-order chi connectivity index (χ1) is 13.8. The minimum atomic E-state index is -4.58. The van der Waals surface area contributed by atoms with Gasteiger partial charge < -0.3 is 14.6 Å². The number of nitrogens with zero attached hydrogens (tertiary/aromatic N) is 1. The van der Waals surface area contributed by atoms with Gasteiger partial charge in [0, 0.05) is 18.9 Å². The second-order valence-corrected chi connectivity index (χ2v) is 8.93. The number of aromatic nitrogens is 1. The zero-order valence-corrected chi connectivity index (χ0v) is 17.2. The summed E-state index contributed by atoms with van der Waals surface area (Å²) in [7, 11) is -2.60. The number of benzene rings is 1. The Morgan fingerprint density at radius 3 is 2.67 bits per heavy atom. The molecule has 0 aliphatic carbocycles. The van der Waals surface area contributed by atoms with Crippen molar-refractivity contribution in [1.82, 2.24) is 9.29 Å². The van der Waals surface area contributed by atoms with Crippen LogP contribution >= 0.6 is 0 Å². The van der Waals surface area contributed by atoms with Crippen molar-refractivity contribution < 1.29 is 31.1 Å². The lowest BCUT2D eigenvalue weighted by atomic mass is 10.1. The molecule has 162 valence electrons. The zero-order chi connectivity index (χ0) is 22.5. The van der Waals surface area contributed by atoms with Crippen LogP contribution in [0.1, 0.15) is 28.5 Å². The molecule has 1 atom stereocenters. The normalized spacial score (nSPS) is 20.6. The number of carbonyl (C=O) groups excluding carboxylic acids is 1. The van der Waals surface area contributed by atoms with Crippen LogP contribution in [0.5, 0.6) is 5.75 Å². The van der Waals surface area contributed by atoms with Crippen molar-refractivity contribution in [2.75, 3.05) is 11.9 Å². The van der Waals surface area contributed by atoms with Gasteiger partial charge in [-0.15, -0.1) is 6.58 Å². The molecule has 30 heavy (non-hydrogen) atoms. The molecule has 0 bridgehead atoms. The smallest absolute Gasteiger partial charge is 0.416 e. The lowest BCUT2D eigenvalue weighted by Crippen LogP contribution is -2.46. The van der Waals surface area contributed by atoms with E-state index in [4.69, 9.17) is 4.74 Å². The predicted molar refractivity (Wildman–Crippen MR) is 104 cm³/mol. The molecule has 7 nitrogen and oxygen atoms in total. The fraction of sp³-hybridized carbons (Fsp3) is 0.316. The monoisotopic (exact) mass is 443 g/mol. The third-order valence-corrected chi connectivity index (χ3v) is 6.35. The van der Waals surface area contributed by atoms with Gasteiger partial charge in [-0.1, -0.05) is 12.1 Å². The van der Waals surface area contributed by atoms with E-state index in [1.54, 1.807) is 6.92 Å². The summed E-state index contributed by atoms with van der Waals surface area (Å²) in [5, 5.41) is 2.38. The zero-order valence-electron chi connectivity index (χ0n) is 16.4. The van der Waals surface area contributed by atoms with Crippen LogP contribution in [-0.2, 0) is 23.2 Å². The van der Waals surface area contributed by atoms with Gasteiger partial charge >= 0.3 is 6.18 Å². The fourth-order valence-electron chi connectivity index (χ4n) is 3.08. The third-order valence-electron chi connectivity index (χ3n) is 4.74. The van der Waals surface area contributed by atoms with Crippen LogP contribution in [0.15, 0.2) is 41.9 Å². The molecule has 0 saturated heterocycles. The quantitative estimate of drug-likeness (QED) is 0.713. The lowest BCUT2D eigenvalue weighted by molar-refractivity contribution is -0.138. The first kappa shape index (κ1) is 21.9. The van der Waals surface area contributed by atoms with Gasteiger partial charge in [-0.2, -0.15) is 17.9 Å². The number of nitrogens with one attached hydrogen (secondary N) is 2. The Bertz CT molecular complexity index is 1140. The number of rotatable bonds is 3. The Labute approximate surface area is 171 Å². The number of carbonyl (C=O) groups is 1. The van der Waals surface area contributed by atoms with Crippen LogP contribution in [0.2, 0.25) is 0 Å². The molecule has 11 heteroatoms. The molecule has 2 heterocycles. The summed E-state index contributed by atoms with van der Waals surface area (Å²) in [6, 6.07) is 3.39. The van der Waals surface area contributed by atoms with Gasteiger partial charge in [0.25, 0.3) is 5.91 Å². The average molecular weight is 443 g/mol. The van der Waals surface area contributed by atoms with Crippen LogP contribution in [-0.4, -0.2) is 31.0 Å². The number of fused-ring (bicyclic) bond motifs is 1. The van der Waals surface area contributed by atoms with Crippen molar-refractivity contribution in [1.29, 1.82) is 0 Å². The van der Waals surface area contributed by atoms with E-state index in [2.05, 4.69) is 16.6 Å². The second-order valence-electron chi connectivity index (χ2n) is 7.28. The number of alkyl halides is 3. The lowest BCUT2D eigenvalue weighted by Gasteiger charge is -2.23. The number of sulfonamides is 1. The molecule has 0 fully saturated rings. The summed E-state index contributed by atoms with van der Waals surface area (Å²) < 4.78 is 74.2. The molecule has 3 rings (SSSR count). The summed E-state index contributed by atoms with van der Waals surface area (Å²) in [5.41, 5.74) is -2.19. The SMILES string of the molecule is C=C[C@@]1(C)COc2c(cn(C)c2C(=O)Nc2ccc(C)c(C(F)(F)F)c2)S(=O)(=O)N1. The van der Waals surface area contributed by atoms with Gasteiger partial charge in [-0.05, 0) is 31.5 Å². The Morgan fingerprint density at radius 2 is 2.07 bits per heavy atom. The number of hydrogen-bond donors (Lipinski definition) is 2. The van der Waals surface area contributed by atoms with Gasteiger partial charge in [0.2, 0.25) is 10.0 Å². The maximum atomic E-state index is 13.1. The van der Waals surface area contributed by atoms with Crippen molar-refractivity contribution in [3.05, 3.63) is 53.9 Å². The maximum Gasteiger partial charge on any atom is 0.416 e. The van der Waals surface area contributed by atoms with E-state index in [1.807, 2.05) is 0 Å². The van der Waals surface area contributed by atoms with Gasteiger partial charge in [0.1, 0.15) is 11.5 Å². The summed E-state index contributed by atoms with van der Waals surface area (Å²) in [6.07, 6.45) is -2.00. The van der Waals surface area contributed by atoms with Crippen LogP contribution in [0, 0.1) is 6.92 Å². The van der Waals surface area contributed by atoms with E-state index in [9.17, 15) is 26.4 Å². The molecule has 2 N–H and O–H groups in total. The van der Waals surface area contributed by atoms with Crippen molar-refractivity contribution in [2.24, 2.45) is 7.05 Å². The second kappa shape index (κ2) is 7.17. The number of amides is 1. The predicted octanol–water partition coefficient (Wildman–Crippen LogP) is 3.22. The first-order valence-electron chi connectivity index (χ1n) is 8.76. The molecule has 0 saturated carbocycles. The Balaban J connectivity index is 2.01. The highest BCUT2D eigenvalue weighted by atomic mass is 32.2. The van der Waals surface area contributed by atoms with Crippen LogP contribution < -0.4 is 14.8 Å².